The first kappa shape index (κ1) is 9.14. The van der Waals surface area contributed by atoms with Gasteiger partial charge in [-0.05, 0) is 19.5 Å². The van der Waals surface area contributed by atoms with Gasteiger partial charge in [0.2, 0.25) is 0 Å². The molecule has 0 aliphatic rings. The Balaban J connectivity index is 3.07. The van der Waals surface area contributed by atoms with Crippen LogP contribution in [0, 0.1) is 0 Å². The number of rotatable bonds is 4. The molecule has 0 fully saturated rings. The van der Waals surface area contributed by atoms with Crippen LogP contribution in [0.3, 0.4) is 0 Å². The summed E-state index contributed by atoms with van der Waals surface area (Å²) in [6.07, 6.45) is 2.11. The third kappa shape index (κ3) is 8.14. The molecule has 0 aliphatic carbocycles. The summed E-state index contributed by atoms with van der Waals surface area (Å²) in [6.45, 7) is 6.08. The van der Waals surface area contributed by atoms with Gasteiger partial charge in [-0.3, -0.25) is 4.80 Å². The average molecular weight is 147 g/mol. The molecule has 1 radical (unpaired) electrons. The van der Waals surface area contributed by atoms with Gasteiger partial charge in [0.25, 0.3) is 0 Å². The highest BCUT2D eigenvalue weighted by molar-refractivity contribution is 6.62. The van der Waals surface area contributed by atoms with E-state index in [2.05, 4.69) is 6.92 Å². The van der Waals surface area contributed by atoms with Gasteiger partial charge in [0, 0.05) is 6.61 Å². The SMILES string of the molecule is CCCCO[Si](C)(C)[O]. The van der Waals surface area contributed by atoms with Crippen LogP contribution in [0.2, 0.25) is 13.1 Å². The monoisotopic (exact) mass is 147 g/mol. The lowest BCUT2D eigenvalue weighted by Crippen LogP contribution is -2.28. The molecule has 0 heterocycles. The first-order chi connectivity index (χ1) is 4.06. The van der Waals surface area contributed by atoms with Crippen LogP contribution in [-0.4, -0.2) is 15.2 Å². The van der Waals surface area contributed by atoms with Crippen LogP contribution in [0.4, 0.5) is 0 Å². The highest BCUT2D eigenvalue weighted by atomic mass is 28.4. The summed E-state index contributed by atoms with van der Waals surface area (Å²) in [6, 6.07) is 0. The molecule has 0 spiro atoms. The fourth-order valence-corrected chi connectivity index (χ4v) is 1.10. The van der Waals surface area contributed by atoms with Crippen molar-refractivity contribution in [3.8, 4) is 0 Å². The van der Waals surface area contributed by atoms with Gasteiger partial charge >= 0.3 is 8.56 Å². The van der Waals surface area contributed by atoms with Gasteiger partial charge in [0.15, 0.2) is 0 Å². The van der Waals surface area contributed by atoms with E-state index in [1.807, 2.05) is 0 Å². The van der Waals surface area contributed by atoms with E-state index in [-0.39, 0.29) is 0 Å². The summed E-state index contributed by atoms with van der Waals surface area (Å²) < 4.78 is 5.05. The first-order valence-electron chi connectivity index (χ1n) is 3.40. The maximum atomic E-state index is 10.9. The molecule has 0 unspecified atom stereocenters. The number of hydrogen-bond acceptors (Lipinski definition) is 1. The van der Waals surface area contributed by atoms with E-state index >= 15 is 0 Å². The van der Waals surface area contributed by atoms with E-state index in [9.17, 15) is 4.80 Å². The highest BCUT2D eigenvalue weighted by Gasteiger charge is 2.20. The summed E-state index contributed by atoms with van der Waals surface area (Å²) in [5.74, 6) is 0. The Labute approximate surface area is 58.1 Å². The van der Waals surface area contributed by atoms with Crippen molar-refractivity contribution in [2.75, 3.05) is 6.61 Å². The molecule has 0 aromatic carbocycles. The minimum atomic E-state index is -2.44. The Morgan fingerprint density at radius 3 is 2.33 bits per heavy atom. The zero-order valence-electron chi connectivity index (χ0n) is 6.44. The zero-order chi connectivity index (χ0) is 7.33. The van der Waals surface area contributed by atoms with Crippen molar-refractivity contribution in [1.82, 2.24) is 0 Å². The summed E-state index contributed by atoms with van der Waals surface area (Å²) >= 11 is 0. The van der Waals surface area contributed by atoms with Crippen LogP contribution < -0.4 is 0 Å². The maximum absolute atomic E-state index is 10.9. The smallest absolute Gasteiger partial charge is 0.367 e. The van der Waals surface area contributed by atoms with Gasteiger partial charge in [0.05, 0.1) is 0 Å². The third-order valence-corrected chi connectivity index (χ3v) is 1.85. The van der Waals surface area contributed by atoms with Crippen LogP contribution in [0.1, 0.15) is 19.8 Å². The minimum absolute atomic E-state index is 0.652. The summed E-state index contributed by atoms with van der Waals surface area (Å²) in [7, 11) is -2.44. The van der Waals surface area contributed by atoms with Crippen LogP contribution in [0.5, 0.6) is 0 Å². The zero-order valence-corrected chi connectivity index (χ0v) is 7.44. The molecule has 55 valence electrons. The average Bonchev–Trinajstić information content (AvgIpc) is 1.63. The third-order valence-electron chi connectivity index (χ3n) is 0.948. The Hall–Kier alpha value is 0.137. The molecule has 0 aliphatic heterocycles. The van der Waals surface area contributed by atoms with Gasteiger partial charge < -0.3 is 4.43 Å². The van der Waals surface area contributed by atoms with E-state index in [0.29, 0.717) is 6.61 Å². The lowest BCUT2D eigenvalue weighted by molar-refractivity contribution is 0.206. The summed E-state index contributed by atoms with van der Waals surface area (Å²) in [5, 5.41) is 0. The molecule has 0 atom stereocenters. The molecule has 3 heteroatoms. The molecule has 0 amide bonds. The van der Waals surface area contributed by atoms with Gasteiger partial charge in [0.1, 0.15) is 0 Å². The van der Waals surface area contributed by atoms with Crippen molar-refractivity contribution in [3.63, 3.8) is 0 Å². The van der Waals surface area contributed by atoms with E-state index in [0.717, 1.165) is 12.8 Å². The van der Waals surface area contributed by atoms with Gasteiger partial charge in [-0.25, -0.2) is 0 Å². The summed E-state index contributed by atoms with van der Waals surface area (Å²) in [5.41, 5.74) is 0. The number of unbranched alkanes of at least 4 members (excludes halogenated alkanes) is 1. The molecular weight excluding hydrogens is 132 g/mol. The molecule has 0 N–H and O–H groups in total. The molecule has 2 nitrogen and oxygen atoms in total. The van der Waals surface area contributed by atoms with E-state index in [1.54, 1.807) is 13.1 Å². The van der Waals surface area contributed by atoms with E-state index < -0.39 is 8.56 Å². The second-order valence-electron chi connectivity index (χ2n) is 2.60. The second kappa shape index (κ2) is 4.03. The standard InChI is InChI=1S/C6H15O2Si/c1-4-5-6-8-9(2,3)7/h4-6H2,1-3H3. The molecule has 0 saturated heterocycles. The quantitative estimate of drug-likeness (QED) is 0.441. The Kier molecular flexibility index (Phi) is 4.09. The van der Waals surface area contributed by atoms with Crippen molar-refractivity contribution in [2.24, 2.45) is 0 Å². The van der Waals surface area contributed by atoms with Crippen molar-refractivity contribution in [1.29, 1.82) is 0 Å². The largest absolute Gasteiger partial charge is 0.393 e. The predicted molar refractivity (Wildman–Crippen MR) is 39.0 cm³/mol. The maximum Gasteiger partial charge on any atom is 0.367 e. The van der Waals surface area contributed by atoms with Crippen molar-refractivity contribution in [2.45, 2.75) is 32.9 Å². The lowest BCUT2D eigenvalue weighted by Gasteiger charge is -2.11. The van der Waals surface area contributed by atoms with Gasteiger partial charge in [-0.2, -0.15) is 0 Å². The fraction of sp³-hybridized carbons (Fsp3) is 1.00. The van der Waals surface area contributed by atoms with Crippen LogP contribution in [0.15, 0.2) is 0 Å². The molecule has 0 aromatic rings. The van der Waals surface area contributed by atoms with Crippen LogP contribution in [0.25, 0.3) is 0 Å². The van der Waals surface area contributed by atoms with E-state index in [4.69, 9.17) is 4.43 Å². The molecule has 9 heavy (non-hydrogen) atoms. The first-order valence-corrected chi connectivity index (χ1v) is 6.22. The molecule has 0 aromatic heterocycles. The topological polar surface area (TPSA) is 29.1 Å². The minimum Gasteiger partial charge on any atom is -0.393 e. The fourth-order valence-electron chi connectivity index (χ4n) is 0.462. The van der Waals surface area contributed by atoms with Crippen LogP contribution >= 0.6 is 0 Å². The van der Waals surface area contributed by atoms with Crippen molar-refractivity contribution in [3.05, 3.63) is 0 Å². The molecule has 0 rings (SSSR count). The van der Waals surface area contributed by atoms with Crippen molar-refractivity contribution < 1.29 is 9.22 Å². The Morgan fingerprint density at radius 1 is 1.44 bits per heavy atom. The molecular formula is C6H15O2Si. The van der Waals surface area contributed by atoms with E-state index in [1.165, 1.54) is 0 Å². The molecule has 0 saturated carbocycles. The van der Waals surface area contributed by atoms with Gasteiger partial charge in [-0.1, -0.05) is 13.3 Å². The second-order valence-corrected chi connectivity index (χ2v) is 5.69. The molecule has 0 bridgehead atoms. The summed E-state index contributed by atoms with van der Waals surface area (Å²) in [4.78, 5) is 10.9. The number of hydrogen-bond donors (Lipinski definition) is 0. The predicted octanol–water partition coefficient (Wildman–Crippen LogP) is 1.94. The van der Waals surface area contributed by atoms with Crippen molar-refractivity contribution >= 4 is 8.56 Å². The lowest BCUT2D eigenvalue weighted by atomic mass is 10.4. The Morgan fingerprint density at radius 2 is 2.00 bits per heavy atom. The highest BCUT2D eigenvalue weighted by Crippen LogP contribution is 2.00. The normalized spacial score (nSPS) is 12.0. The van der Waals surface area contributed by atoms with Gasteiger partial charge in [-0.15, -0.1) is 0 Å². The van der Waals surface area contributed by atoms with Crippen LogP contribution in [-0.2, 0) is 9.22 Å². The Bertz CT molecular complexity index is 67.9.